The first-order valence-corrected chi connectivity index (χ1v) is 5.83. The molecule has 0 aromatic rings. The molecule has 2 atom stereocenters. The molecule has 1 aliphatic rings. The summed E-state index contributed by atoms with van der Waals surface area (Å²) < 4.78 is 12.9. The molecule has 2 unspecified atom stereocenters. The fraction of sp³-hybridized carbons (Fsp3) is 0.923. The third-order valence-corrected chi connectivity index (χ3v) is 2.29. The zero-order chi connectivity index (χ0) is 12.8. The van der Waals surface area contributed by atoms with E-state index in [0.717, 1.165) is 32.2 Å². The zero-order valence-electron chi connectivity index (χ0n) is 12.9. The van der Waals surface area contributed by atoms with E-state index in [1.807, 2.05) is 0 Å². The van der Waals surface area contributed by atoms with Crippen LogP contribution in [0.25, 0.3) is 16.0 Å². The van der Waals surface area contributed by atoms with Crippen molar-refractivity contribution in [2.45, 2.75) is 31.9 Å². The van der Waals surface area contributed by atoms with E-state index in [-0.39, 0.29) is 33.3 Å². The quantitative estimate of drug-likeness (QED) is 0.480. The second-order valence-corrected chi connectivity index (χ2v) is 3.93. The molecule has 0 N–H and O–H groups in total. The van der Waals surface area contributed by atoms with Gasteiger partial charge in [0.25, 0.3) is 0 Å². The predicted molar refractivity (Wildman–Crippen MR) is 77.8 cm³/mol. The van der Waals surface area contributed by atoms with Crippen LogP contribution in [0.5, 0.6) is 0 Å². The smallest absolute Gasteiger partial charge is 0.668 e. The number of alkyl halides is 1. The Balaban J connectivity index is -0.000000106. The van der Waals surface area contributed by atoms with Gasteiger partial charge in [0.05, 0.1) is 0 Å². The monoisotopic (exact) mass is 427 g/mol. The summed E-state index contributed by atoms with van der Waals surface area (Å²) in [5, 5.41) is 11.0. The van der Waals surface area contributed by atoms with E-state index in [0.29, 0.717) is 5.92 Å². The summed E-state index contributed by atoms with van der Waals surface area (Å²) in [5.74, 6) is 0.323. The van der Waals surface area contributed by atoms with Gasteiger partial charge in [-0.15, -0.1) is 6.54 Å². The zero-order valence-corrected chi connectivity index (χ0v) is 16.5. The van der Waals surface area contributed by atoms with Gasteiger partial charge < -0.3 is 23.4 Å². The fourth-order valence-corrected chi connectivity index (χ4v) is 1.61. The number of hydrogen-bond donors (Lipinski definition) is 0. The van der Waals surface area contributed by atoms with E-state index in [1.165, 1.54) is 0 Å². The van der Waals surface area contributed by atoms with Gasteiger partial charge in [0.1, 0.15) is 6.17 Å². The second kappa shape index (κ2) is 22.8. The van der Waals surface area contributed by atoms with Crippen LogP contribution in [-0.4, -0.2) is 48.0 Å². The molecule has 0 saturated heterocycles. The molecule has 108 valence electrons. The summed E-state index contributed by atoms with van der Waals surface area (Å²) in [6, 6.07) is 0. The minimum Gasteiger partial charge on any atom is -0.668 e. The number of nitrogens with zero attached hydrogens (tertiary/aromatic N) is 3. The van der Waals surface area contributed by atoms with Gasteiger partial charge in [-0.3, -0.25) is 0 Å². The molecule has 1 fully saturated rings. The fourth-order valence-electron chi connectivity index (χ4n) is 1.61. The third-order valence-electron chi connectivity index (χ3n) is 2.29. The van der Waals surface area contributed by atoms with E-state index in [9.17, 15) is 4.39 Å². The van der Waals surface area contributed by atoms with Crippen molar-refractivity contribution < 1.29 is 30.2 Å². The van der Waals surface area contributed by atoms with Crippen molar-refractivity contribution in [3.05, 3.63) is 23.4 Å². The van der Waals surface area contributed by atoms with Gasteiger partial charge in [-0.1, -0.05) is 12.8 Å². The third kappa shape index (κ3) is 19.0. The molecule has 0 aromatic carbocycles. The molecule has 3 nitrogen and oxygen atoms in total. The molecular weight excluding hydrogens is 396 g/mol. The molecule has 0 amide bonds. The van der Waals surface area contributed by atoms with Crippen LogP contribution in [0, 0.1) is 13.3 Å². The summed E-state index contributed by atoms with van der Waals surface area (Å²) >= 11 is 0. The molecule has 1 rings (SSSR count). The Morgan fingerprint density at radius 3 is 1.72 bits per heavy atom. The van der Waals surface area contributed by atoms with Gasteiger partial charge in [-0.2, -0.15) is 35.2 Å². The van der Waals surface area contributed by atoms with Crippen LogP contribution in [-0.2, 0) is 25.8 Å². The Labute approximate surface area is 133 Å². The van der Waals surface area contributed by atoms with Gasteiger partial charge in [0.2, 0.25) is 0 Å². The Bertz CT molecular complexity index is 127. The van der Waals surface area contributed by atoms with Crippen molar-refractivity contribution in [2.75, 3.05) is 41.8 Å². The number of rotatable bonds is 3. The molecule has 0 aromatic heterocycles. The Kier molecular flexibility index (Phi) is 34.4. The molecular formula is C13H30FHfN3. The summed E-state index contributed by atoms with van der Waals surface area (Å²) in [6.45, 7) is 0.838. The van der Waals surface area contributed by atoms with Crippen LogP contribution in [0.15, 0.2) is 0 Å². The van der Waals surface area contributed by atoms with Crippen molar-refractivity contribution in [2.24, 2.45) is 5.92 Å². The summed E-state index contributed by atoms with van der Waals surface area (Å²) in [5.41, 5.74) is 0. The first kappa shape index (κ1) is 27.1. The van der Waals surface area contributed by atoms with E-state index in [2.05, 4.69) is 16.0 Å². The van der Waals surface area contributed by atoms with Crippen LogP contribution in [0.3, 0.4) is 0 Å². The van der Waals surface area contributed by atoms with Gasteiger partial charge >= 0.3 is 25.8 Å². The Morgan fingerprint density at radius 1 is 1.00 bits per heavy atom. The minimum atomic E-state index is -0.526. The summed E-state index contributed by atoms with van der Waals surface area (Å²) in [6.07, 6.45) is 3.37. The summed E-state index contributed by atoms with van der Waals surface area (Å²) in [7, 11) is 8.79. The van der Waals surface area contributed by atoms with Crippen LogP contribution >= 0.6 is 0 Å². The maximum absolute atomic E-state index is 12.9. The molecule has 0 heterocycles. The Hall–Kier alpha value is 0.680. The van der Waals surface area contributed by atoms with Gasteiger partial charge in [0.15, 0.2) is 0 Å². The van der Waals surface area contributed by atoms with Crippen molar-refractivity contribution in [3.63, 3.8) is 0 Å². The van der Waals surface area contributed by atoms with E-state index in [4.69, 9.17) is 0 Å². The SMILES string of the molecule is C[N-]C.C[N-]C.C[N-]CCC1CCCC1F.[CH3-].[Hf+4]. The van der Waals surface area contributed by atoms with Gasteiger partial charge in [0, 0.05) is 0 Å². The van der Waals surface area contributed by atoms with Crippen molar-refractivity contribution >= 4 is 0 Å². The molecule has 1 saturated carbocycles. The van der Waals surface area contributed by atoms with E-state index >= 15 is 0 Å². The molecule has 0 radical (unpaired) electrons. The molecule has 18 heavy (non-hydrogen) atoms. The minimum absolute atomic E-state index is 0. The van der Waals surface area contributed by atoms with Crippen LogP contribution in [0.4, 0.5) is 4.39 Å². The molecule has 0 spiro atoms. The maximum Gasteiger partial charge on any atom is 4.00 e. The maximum atomic E-state index is 12.9. The molecule has 1 aliphatic carbocycles. The molecule has 5 heteroatoms. The first-order valence-electron chi connectivity index (χ1n) is 5.83. The number of halogens is 1. The van der Waals surface area contributed by atoms with Gasteiger partial charge in [-0.25, -0.2) is 4.39 Å². The summed E-state index contributed by atoms with van der Waals surface area (Å²) in [4.78, 5) is 0. The predicted octanol–water partition coefficient (Wildman–Crippen LogP) is 4.21. The molecule has 0 bridgehead atoms. The van der Waals surface area contributed by atoms with Crippen molar-refractivity contribution in [1.29, 1.82) is 0 Å². The number of hydrogen-bond acceptors (Lipinski definition) is 0. The van der Waals surface area contributed by atoms with Gasteiger partial charge in [-0.05, 0) is 18.8 Å². The normalized spacial score (nSPS) is 20.3. The van der Waals surface area contributed by atoms with Crippen molar-refractivity contribution in [3.8, 4) is 0 Å². The Morgan fingerprint density at radius 2 is 1.44 bits per heavy atom. The van der Waals surface area contributed by atoms with E-state index in [1.54, 1.807) is 35.2 Å². The standard InChI is InChI=1S/C8H15FN.2C2H6N.CH3.Hf/c1-10-6-5-7-3-2-4-8(7)9;2*1-3-2;;/h7-8H,2-6H2,1H3;2*1-2H3;1H3;/q4*-1;+4. The largest absolute Gasteiger partial charge is 4.00 e. The average Bonchev–Trinajstić information content (AvgIpc) is 2.63. The molecule has 0 aliphatic heterocycles. The second-order valence-electron chi connectivity index (χ2n) is 3.93. The average molecular weight is 426 g/mol. The van der Waals surface area contributed by atoms with E-state index < -0.39 is 6.17 Å². The van der Waals surface area contributed by atoms with Crippen LogP contribution in [0.1, 0.15) is 25.7 Å². The van der Waals surface area contributed by atoms with Crippen LogP contribution < -0.4 is 0 Å². The van der Waals surface area contributed by atoms with Crippen LogP contribution in [0.2, 0.25) is 0 Å². The topological polar surface area (TPSA) is 42.3 Å². The first-order chi connectivity index (χ1) is 7.67. The van der Waals surface area contributed by atoms with Crippen molar-refractivity contribution in [1.82, 2.24) is 0 Å².